The third-order valence-electron chi connectivity index (χ3n) is 4.63. The molecule has 0 saturated carbocycles. The molecule has 0 spiro atoms. The van der Waals surface area contributed by atoms with Crippen LogP contribution in [0.2, 0.25) is 0 Å². The first-order valence-corrected chi connectivity index (χ1v) is 9.05. The summed E-state index contributed by atoms with van der Waals surface area (Å²) >= 11 is 0. The summed E-state index contributed by atoms with van der Waals surface area (Å²) in [7, 11) is 1.62. The highest BCUT2D eigenvalue weighted by atomic mass is 16.2. The summed E-state index contributed by atoms with van der Waals surface area (Å²) in [5.74, 6) is 0.728. The fraction of sp³-hybridized carbons (Fsp3) is 0.444. The summed E-state index contributed by atoms with van der Waals surface area (Å²) in [5, 5.41) is 11.7. The van der Waals surface area contributed by atoms with Crippen LogP contribution in [0.5, 0.6) is 0 Å². The predicted molar refractivity (Wildman–Crippen MR) is 101 cm³/mol. The maximum Gasteiger partial charge on any atom is 0.343 e. The van der Waals surface area contributed by atoms with Crippen LogP contribution in [0, 0.1) is 0 Å². The van der Waals surface area contributed by atoms with E-state index in [2.05, 4.69) is 20.8 Å². The molecule has 1 aliphatic rings. The van der Waals surface area contributed by atoms with E-state index in [9.17, 15) is 14.4 Å². The predicted octanol–water partition coefficient (Wildman–Crippen LogP) is 0.637. The van der Waals surface area contributed by atoms with E-state index in [-0.39, 0.29) is 17.6 Å². The minimum Gasteiger partial charge on any atom is -0.342 e. The van der Waals surface area contributed by atoms with Gasteiger partial charge in [-0.1, -0.05) is 12.1 Å². The van der Waals surface area contributed by atoms with E-state index in [1.165, 1.54) is 4.57 Å². The average Bonchev–Trinajstić information content (AvgIpc) is 3.29. The first-order chi connectivity index (χ1) is 13.0. The number of anilines is 1. The molecule has 0 unspecified atom stereocenters. The Morgan fingerprint density at radius 3 is 2.52 bits per heavy atom. The van der Waals surface area contributed by atoms with Gasteiger partial charge in [0.15, 0.2) is 0 Å². The van der Waals surface area contributed by atoms with Crippen LogP contribution >= 0.6 is 0 Å². The van der Waals surface area contributed by atoms with Gasteiger partial charge in [0.2, 0.25) is 5.91 Å². The number of aromatic nitrogens is 3. The first-order valence-electron chi connectivity index (χ1n) is 9.05. The zero-order valence-corrected chi connectivity index (χ0v) is 15.3. The summed E-state index contributed by atoms with van der Waals surface area (Å²) in [6, 6.07) is 6.93. The third-order valence-corrected chi connectivity index (χ3v) is 4.63. The van der Waals surface area contributed by atoms with E-state index < -0.39 is 0 Å². The Labute approximate surface area is 156 Å². The van der Waals surface area contributed by atoms with Gasteiger partial charge in [-0.15, -0.1) is 0 Å². The fourth-order valence-electron chi connectivity index (χ4n) is 3.03. The van der Waals surface area contributed by atoms with Gasteiger partial charge in [0, 0.05) is 38.8 Å². The van der Waals surface area contributed by atoms with E-state index in [4.69, 9.17) is 0 Å². The van der Waals surface area contributed by atoms with Gasteiger partial charge in [-0.25, -0.2) is 14.7 Å². The smallest absolute Gasteiger partial charge is 0.342 e. The Morgan fingerprint density at radius 1 is 1.19 bits per heavy atom. The van der Waals surface area contributed by atoms with Gasteiger partial charge in [0.1, 0.15) is 5.82 Å². The lowest BCUT2D eigenvalue weighted by atomic mass is 10.1. The fourth-order valence-corrected chi connectivity index (χ4v) is 3.03. The molecule has 0 atom stereocenters. The highest BCUT2D eigenvalue weighted by Crippen LogP contribution is 2.13. The Kier molecular flexibility index (Phi) is 5.90. The summed E-state index contributed by atoms with van der Waals surface area (Å²) in [6.07, 6.45) is 3.00. The summed E-state index contributed by atoms with van der Waals surface area (Å²) in [6.45, 7) is 2.06. The normalized spacial score (nSPS) is 13.6. The molecule has 144 valence electrons. The van der Waals surface area contributed by atoms with E-state index in [1.807, 2.05) is 17.0 Å². The number of rotatable bonds is 6. The lowest BCUT2D eigenvalue weighted by Gasteiger charge is -2.15. The van der Waals surface area contributed by atoms with Gasteiger partial charge >= 0.3 is 11.7 Å². The molecular weight excluding hydrogens is 348 g/mol. The molecule has 1 fully saturated rings. The minimum atomic E-state index is -0.337. The van der Waals surface area contributed by atoms with Crippen molar-refractivity contribution in [2.24, 2.45) is 7.05 Å². The van der Waals surface area contributed by atoms with Gasteiger partial charge in [-0.2, -0.15) is 5.10 Å². The van der Waals surface area contributed by atoms with Gasteiger partial charge in [0.05, 0.1) is 6.42 Å². The number of carbonyl (C=O) groups is 2. The molecule has 9 heteroatoms. The van der Waals surface area contributed by atoms with E-state index >= 15 is 0 Å². The molecule has 3 amide bonds. The molecule has 0 radical (unpaired) electrons. The SMILES string of the molecule is Cn1c(CCNC(=O)Nc2ccc(CC(=O)N3CCCC3)cc2)n[nH]c1=O. The number of likely N-dealkylation sites (tertiary alicyclic amines) is 1. The van der Waals surface area contributed by atoms with Crippen LogP contribution in [0.15, 0.2) is 29.1 Å². The number of benzene rings is 1. The van der Waals surface area contributed by atoms with Gasteiger partial charge in [-0.3, -0.25) is 9.36 Å². The molecule has 0 bridgehead atoms. The second kappa shape index (κ2) is 8.52. The number of H-pyrrole nitrogens is 1. The van der Waals surface area contributed by atoms with Crippen molar-refractivity contribution in [2.45, 2.75) is 25.7 Å². The molecular formula is C18H24N6O3. The molecule has 9 nitrogen and oxygen atoms in total. The van der Waals surface area contributed by atoms with Crippen LogP contribution in [-0.4, -0.2) is 51.2 Å². The highest BCUT2D eigenvalue weighted by Gasteiger charge is 2.17. The average molecular weight is 372 g/mol. The quantitative estimate of drug-likeness (QED) is 0.691. The summed E-state index contributed by atoms with van der Waals surface area (Å²) in [5.41, 5.74) is 1.30. The molecule has 1 aromatic heterocycles. The number of amides is 3. The van der Waals surface area contributed by atoms with Crippen LogP contribution in [-0.2, 0) is 24.7 Å². The molecule has 3 rings (SSSR count). The molecule has 1 saturated heterocycles. The molecule has 27 heavy (non-hydrogen) atoms. The van der Waals surface area contributed by atoms with Crippen LogP contribution in [0.3, 0.4) is 0 Å². The Morgan fingerprint density at radius 2 is 1.89 bits per heavy atom. The maximum absolute atomic E-state index is 12.2. The van der Waals surface area contributed by atoms with Crippen LogP contribution < -0.4 is 16.3 Å². The lowest BCUT2D eigenvalue weighted by Crippen LogP contribution is -2.31. The zero-order chi connectivity index (χ0) is 19.2. The highest BCUT2D eigenvalue weighted by molar-refractivity contribution is 5.89. The van der Waals surface area contributed by atoms with Gasteiger partial charge < -0.3 is 15.5 Å². The monoisotopic (exact) mass is 372 g/mol. The largest absolute Gasteiger partial charge is 0.343 e. The second-order valence-corrected chi connectivity index (χ2v) is 6.60. The van der Waals surface area contributed by atoms with Gasteiger partial charge in [0.25, 0.3) is 0 Å². The third kappa shape index (κ3) is 4.96. The topological polar surface area (TPSA) is 112 Å². The molecule has 0 aliphatic carbocycles. The van der Waals surface area contributed by atoms with E-state index in [0.29, 0.717) is 30.9 Å². The van der Waals surface area contributed by atoms with Crippen LogP contribution in [0.25, 0.3) is 0 Å². The number of hydrogen-bond acceptors (Lipinski definition) is 4. The molecule has 3 N–H and O–H groups in total. The Balaban J connectivity index is 1.43. The molecule has 1 aromatic carbocycles. The summed E-state index contributed by atoms with van der Waals surface area (Å²) in [4.78, 5) is 37.3. The second-order valence-electron chi connectivity index (χ2n) is 6.60. The Hall–Kier alpha value is -3.10. The molecule has 2 aromatic rings. The van der Waals surface area contributed by atoms with Crippen molar-refractivity contribution in [2.75, 3.05) is 25.0 Å². The van der Waals surface area contributed by atoms with E-state index in [1.54, 1.807) is 19.2 Å². The number of carbonyl (C=O) groups excluding carboxylic acids is 2. The van der Waals surface area contributed by atoms with E-state index in [0.717, 1.165) is 31.5 Å². The number of nitrogens with one attached hydrogen (secondary N) is 3. The van der Waals surface area contributed by atoms with Gasteiger partial charge in [-0.05, 0) is 30.5 Å². The number of urea groups is 1. The van der Waals surface area contributed by atoms with Crippen molar-refractivity contribution >= 4 is 17.6 Å². The first kappa shape index (κ1) is 18.7. The van der Waals surface area contributed by atoms with Crippen molar-refractivity contribution in [1.29, 1.82) is 0 Å². The molecule has 1 aliphatic heterocycles. The number of nitrogens with zero attached hydrogens (tertiary/aromatic N) is 3. The van der Waals surface area contributed by atoms with Crippen molar-refractivity contribution in [3.8, 4) is 0 Å². The maximum atomic E-state index is 12.2. The molecule has 2 heterocycles. The van der Waals surface area contributed by atoms with Crippen LogP contribution in [0.1, 0.15) is 24.2 Å². The Bertz CT molecular complexity index is 849. The number of aromatic amines is 1. The van der Waals surface area contributed by atoms with Crippen LogP contribution in [0.4, 0.5) is 10.5 Å². The van der Waals surface area contributed by atoms with Crippen molar-refractivity contribution in [1.82, 2.24) is 25.0 Å². The summed E-state index contributed by atoms with van der Waals surface area (Å²) < 4.78 is 1.40. The standard InChI is InChI=1S/C18H24N6O3/c1-23-15(21-22-18(23)27)8-9-19-17(26)20-14-6-4-13(5-7-14)12-16(25)24-10-2-3-11-24/h4-7H,2-3,8-12H2,1H3,(H,22,27)(H2,19,20,26). The van der Waals surface area contributed by atoms with Crippen molar-refractivity contribution in [3.05, 3.63) is 46.1 Å². The minimum absolute atomic E-state index is 0.152. The van der Waals surface area contributed by atoms with Crippen molar-refractivity contribution in [3.63, 3.8) is 0 Å². The van der Waals surface area contributed by atoms with Crippen molar-refractivity contribution < 1.29 is 9.59 Å². The number of hydrogen-bond donors (Lipinski definition) is 3. The zero-order valence-electron chi connectivity index (χ0n) is 15.3. The lowest BCUT2D eigenvalue weighted by molar-refractivity contribution is -0.129.